The number of aromatic nitrogens is 2. The summed E-state index contributed by atoms with van der Waals surface area (Å²) in [7, 11) is 0. The van der Waals surface area contributed by atoms with Gasteiger partial charge >= 0.3 is 0 Å². The molecule has 1 amide bonds. The summed E-state index contributed by atoms with van der Waals surface area (Å²) in [6.07, 6.45) is 0. The van der Waals surface area contributed by atoms with E-state index in [-0.39, 0.29) is 11.7 Å². The van der Waals surface area contributed by atoms with Crippen LogP contribution in [0.25, 0.3) is 10.2 Å². The van der Waals surface area contributed by atoms with E-state index in [0.29, 0.717) is 10.7 Å². The topological polar surface area (TPSA) is 80.9 Å². The summed E-state index contributed by atoms with van der Waals surface area (Å²) in [5.41, 5.74) is 6.79. The molecule has 3 rings (SSSR count). The van der Waals surface area contributed by atoms with E-state index in [1.165, 1.54) is 29.5 Å². The molecule has 20 heavy (non-hydrogen) atoms. The van der Waals surface area contributed by atoms with Crippen LogP contribution in [0.3, 0.4) is 0 Å². The van der Waals surface area contributed by atoms with Gasteiger partial charge in [-0.3, -0.25) is 4.79 Å². The first-order chi connectivity index (χ1) is 9.61. The van der Waals surface area contributed by atoms with E-state index in [2.05, 4.69) is 15.3 Å². The van der Waals surface area contributed by atoms with Gasteiger partial charge in [-0.1, -0.05) is 17.4 Å². The number of amides is 1. The van der Waals surface area contributed by atoms with Crippen LogP contribution in [0.1, 0.15) is 10.4 Å². The minimum absolute atomic E-state index is 0.166. The fourth-order valence-corrected chi connectivity index (χ4v) is 2.52. The van der Waals surface area contributed by atoms with E-state index in [1.54, 1.807) is 18.2 Å². The van der Waals surface area contributed by atoms with Gasteiger partial charge in [0.2, 0.25) is 5.95 Å². The lowest BCUT2D eigenvalue weighted by atomic mass is 10.2. The Balaban J connectivity index is 1.88. The van der Waals surface area contributed by atoms with E-state index >= 15 is 0 Å². The average molecular weight is 288 g/mol. The predicted molar refractivity (Wildman–Crippen MR) is 76.2 cm³/mol. The van der Waals surface area contributed by atoms with Crippen LogP contribution in [0.4, 0.5) is 15.3 Å². The van der Waals surface area contributed by atoms with Gasteiger partial charge in [-0.2, -0.15) is 4.39 Å². The van der Waals surface area contributed by atoms with Gasteiger partial charge in [0.1, 0.15) is 5.82 Å². The second kappa shape index (κ2) is 4.86. The number of hydrogen-bond donors (Lipinski definition) is 2. The third-order valence-corrected chi connectivity index (χ3v) is 3.47. The number of rotatable bonds is 2. The second-order valence-corrected chi connectivity index (χ2v) is 5.10. The Morgan fingerprint density at radius 1 is 1.25 bits per heavy atom. The van der Waals surface area contributed by atoms with Crippen molar-refractivity contribution in [3.05, 3.63) is 47.9 Å². The van der Waals surface area contributed by atoms with Crippen LogP contribution in [-0.4, -0.2) is 15.9 Å². The van der Waals surface area contributed by atoms with Crippen molar-refractivity contribution in [3.8, 4) is 0 Å². The summed E-state index contributed by atoms with van der Waals surface area (Å²) in [4.78, 5) is 19.7. The number of halogens is 1. The zero-order valence-corrected chi connectivity index (χ0v) is 10.9. The normalized spacial score (nSPS) is 10.7. The zero-order chi connectivity index (χ0) is 14.1. The van der Waals surface area contributed by atoms with E-state index in [0.717, 1.165) is 10.2 Å². The molecule has 0 saturated carbocycles. The van der Waals surface area contributed by atoms with Crippen molar-refractivity contribution in [2.45, 2.75) is 0 Å². The number of carbonyl (C=O) groups excluding carboxylic acids is 1. The summed E-state index contributed by atoms with van der Waals surface area (Å²) in [5.74, 6) is -0.843. The lowest BCUT2D eigenvalue weighted by Crippen LogP contribution is -2.13. The molecular weight excluding hydrogens is 279 g/mol. The van der Waals surface area contributed by atoms with Gasteiger partial charge in [0.25, 0.3) is 5.91 Å². The number of nitrogens with one attached hydrogen (secondary N) is 1. The Kier molecular flexibility index (Phi) is 3.03. The first-order valence-corrected chi connectivity index (χ1v) is 6.53. The van der Waals surface area contributed by atoms with E-state index < -0.39 is 5.95 Å². The van der Waals surface area contributed by atoms with E-state index in [4.69, 9.17) is 5.73 Å². The number of nitrogen functional groups attached to an aromatic ring is 1. The highest BCUT2D eigenvalue weighted by Gasteiger charge is 2.10. The quantitative estimate of drug-likeness (QED) is 0.710. The molecule has 0 unspecified atom stereocenters. The molecule has 2 heterocycles. The molecule has 7 heteroatoms. The maximum Gasteiger partial charge on any atom is 0.256 e. The Hall–Kier alpha value is -2.54. The number of benzene rings is 1. The fraction of sp³-hybridized carbons (Fsp3) is 0. The van der Waals surface area contributed by atoms with Crippen LogP contribution in [0.5, 0.6) is 0 Å². The molecule has 0 radical (unpaired) electrons. The van der Waals surface area contributed by atoms with E-state index in [9.17, 15) is 9.18 Å². The molecule has 2 aromatic heterocycles. The summed E-state index contributed by atoms with van der Waals surface area (Å²) in [6, 6.07) is 9.25. The number of thiazole rings is 1. The van der Waals surface area contributed by atoms with Crippen LogP contribution >= 0.6 is 11.3 Å². The Morgan fingerprint density at radius 2 is 2.10 bits per heavy atom. The van der Waals surface area contributed by atoms with Gasteiger partial charge < -0.3 is 11.1 Å². The van der Waals surface area contributed by atoms with E-state index in [1.807, 2.05) is 0 Å². The van der Waals surface area contributed by atoms with Crippen molar-refractivity contribution in [1.29, 1.82) is 0 Å². The lowest BCUT2D eigenvalue weighted by Gasteiger charge is -2.04. The molecule has 1 aromatic carbocycles. The van der Waals surface area contributed by atoms with Crippen LogP contribution in [0, 0.1) is 5.95 Å². The summed E-state index contributed by atoms with van der Waals surface area (Å²) in [6.45, 7) is 0. The van der Waals surface area contributed by atoms with Crippen LogP contribution < -0.4 is 11.1 Å². The number of hydrogen-bond acceptors (Lipinski definition) is 5. The highest BCUT2D eigenvalue weighted by molar-refractivity contribution is 7.22. The van der Waals surface area contributed by atoms with Gasteiger partial charge in [0.05, 0.1) is 10.2 Å². The molecule has 0 atom stereocenters. The minimum atomic E-state index is -0.645. The van der Waals surface area contributed by atoms with Crippen LogP contribution in [0.2, 0.25) is 0 Å². The summed E-state index contributed by atoms with van der Waals surface area (Å²) in [5, 5.41) is 2.98. The second-order valence-electron chi connectivity index (χ2n) is 4.03. The molecule has 0 fully saturated rings. The maximum absolute atomic E-state index is 12.9. The Labute approximate surface area is 117 Å². The van der Waals surface area contributed by atoms with Crippen LogP contribution in [0.15, 0.2) is 36.4 Å². The monoisotopic (exact) mass is 288 g/mol. The molecule has 5 nitrogen and oxygen atoms in total. The predicted octanol–water partition coefficient (Wildman–Crippen LogP) is 2.66. The molecule has 3 N–H and O–H groups in total. The smallest absolute Gasteiger partial charge is 0.256 e. The number of fused-ring (bicyclic) bond motifs is 1. The molecule has 3 aromatic rings. The lowest BCUT2D eigenvalue weighted by molar-refractivity contribution is 0.102. The number of pyridine rings is 1. The van der Waals surface area contributed by atoms with Gasteiger partial charge in [0.15, 0.2) is 5.13 Å². The standard InChI is InChI=1S/C13H9FN4OS/c14-10-2-1-3-11(17-10)18-12(19)7-4-5-8-9(6-7)20-13(15)16-8/h1-6H,(H2,15,16)(H,17,18,19). The Bertz CT molecular complexity index is 802. The number of anilines is 2. The Morgan fingerprint density at radius 3 is 2.90 bits per heavy atom. The van der Waals surface area contributed by atoms with Gasteiger partial charge in [0, 0.05) is 5.56 Å². The molecule has 100 valence electrons. The van der Waals surface area contributed by atoms with Crippen molar-refractivity contribution in [2.24, 2.45) is 0 Å². The maximum atomic E-state index is 12.9. The molecule has 0 aliphatic carbocycles. The highest BCUT2D eigenvalue weighted by Crippen LogP contribution is 2.24. The number of carbonyl (C=O) groups is 1. The first kappa shape index (κ1) is 12.5. The SMILES string of the molecule is Nc1nc2ccc(C(=O)Nc3cccc(F)n3)cc2s1. The van der Waals surface area contributed by atoms with Crippen molar-refractivity contribution < 1.29 is 9.18 Å². The van der Waals surface area contributed by atoms with Gasteiger partial charge in [-0.25, -0.2) is 9.97 Å². The third kappa shape index (κ3) is 2.43. The average Bonchev–Trinajstić information content (AvgIpc) is 2.77. The fourth-order valence-electron chi connectivity index (χ4n) is 1.75. The van der Waals surface area contributed by atoms with Crippen LogP contribution in [-0.2, 0) is 0 Å². The number of nitrogens with zero attached hydrogens (tertiary/aromatic N) is 2. The molecule has 0 spiro atoms. The molecule has 0 aliphatic heterocycles. The van der Waals surface area contributed by atoms with Crippen molar-refractivity contribution in [1.82, 2.24) is 9.97 Å². The highest BCUT2D eigenvalue weighted by atomic mass is 32.1. The van der Waals surface area contributed by atoms with Gasteiger partial charge in [-0.05, 0) is 30.3 Å². The summed E-state index contributed by atoms with van der Waals surface area (Å²) < 4.78 is 13.8. The molecule has 0 bridgehead atoms. The molecular formula is C13H9FN4OS. The molecule has 0 aliphatic rings. The molecule has 0 saturated heterocycles. The van der Waals surface area contributed by atoms with Crippen molar-refractivity contribution in [3.63, 3.8) is 0 Å². The zero-order valence-electron chi connectivity index (χ0n) is 10.1. The van der Waals surface area contributed by atoms with Gasteiger partial charge in [-0.15, -0.1) is 0 Å². The first-order valence-electron chi connectivity index (χ1n) is 5.72. The minimum Gasteiger partial charge on any atom is -0.375 e. The summed E-state index contributed by atoms with van der Waals surface area (Å²) >= 11 is 1.30. The number of nitrogens with two attached hydrogens (primary N) is 1. The van der Waals surface area contributed by atoms with Crippen molar-refractivity contribution in [2.75, 3.05) is 11.1 Å². The third-order valence-electron chi connectivity index (χ3n) is 2.62. The largest absolute Gasteiger partial charge is 0.375 e. The van der Waals surface area contributed by atoms with Crippen molar-refractivity contribution >= 4 is 38.4 Å².